The smallest absolute Gasteiger partial charge is 0.410 e. The van der Waals surface area contributed by atoms with Gasteiger partial charge in [0.2, 0.25) is 0 Å². The number of nitrogens with zero attached hydrogens (tertiary/aromatic N) is 2. The molecule has 0 aromatic heterocycles. The number of rotatable bonds is 4. The highest BCUT2D eigenvalue weighted by atomic mass is 16.6. The predicted octanol–water partition coefficient (Wildman–Crippen LogP) is 3.29. The number of carbonyl (C=O) groups is 1. The van der Waals surface area contributed by atoms with Gasteiger partial charge in [0.25, 0.3) is 0 Å². The third-order valence-corrected chi connectivity index (χ3v) is 4.88. The molecule has 1 heterocycles. The Labute approximate surface area is 150 Å². The standard InChI is InChI=1S/C20H30N2O3/c1-20(2,3)25-19(23)22-11-9-21(10-12-22)17-13-18(14-17)24-15-16-7-5-4-6-8-16/h4-8,17-18H,9-15H2,1-3H3/t17-,18-. The summed E-state index contributed by atoms with van der Waals surface area (Å²) in [6.45, 7) is 9.78. The minimum absolute atomic E-state index is 0.190. The summed E-state index contributed by atoms with van der Waals surface area (Å²) in [6.07, 6.45) is 2.37. The van der Waals surface area contributed by atoms with Crippen LogP contribution in [0.2, 0.25) is 0 Å². The summed E-state index contributed by atoms with van der Waals surface area (Å²) in [5.74, 6) is 0. The van der Waals surface area contributed by atoms with Gasteiger partial charge in [-0.05, 0) is 39.2 Å². The molecule has 0 bridgehead atoms. The van der Waals surface area contributed by atoms with Crippen molar-refractivity contribution < 1.29 is 14.3 Å². The zero-order valence-electron chi connectivity index (χ0n) is 15.6. The van der Waals surface area contributed by atoms with Gasteiger partial charge in [-0.15, -0.1) is 0 Å². The first-order valence-corrected chi connectivity index (χ1v) is 9.28. The Bertz CT molecular complexity index is 556. The van der Waals surface area contributed by atoms with E-state index in [-0.39, 0.29) is 6.09 Å². The van der Waals surface area contributed by atoms with Crippen LogP contribution in [-0.4, -0.2) is 59.8 Å². The van der Waals surface area contributed by atoms with Gasteiger partial charge in [-0.3, -0.25) is 4.90 Å². The van der Waals surface area contributed by atoms with Crippen LogP contribution in [0, 0.1) is 0 Å². The molecule has 1 aliphatic heterocycles. The molecule has 1 aromatic rings. The molecule has 0 radical (unpaired) electrons. The minimum atomic E-state index is -0.425. The van der Waals surface area contributed by atoms with Gasteiger partial charge in [0, 0.05) is 32.2 Å². The molecule has 0 spiro atoms. The fourth-order valence-corrected chi connectivity index (χ4v) is 3.36. The lowest BCUT2D eigenvalue weighted by Crippen LogP contribution is -2.56. The van der Waals surface area contributed by atoms with Gasteiger partial charge in [-0.2, -0.15) is 0 Å². The van der Waals surface area contributed by atoms with Crippen molar-refractivity contribution in [3.8, 4) is 0 Å². The first-order chi connectivity index (χ1) is 11.9. The topological polar surface area (TPSA) is 42.0 Å². The Hall–Kier alpha value is -1.59. The zero-order chi connectivity index (χ0) is 17.9. The Morgan fingerprint density at radius 3 is 2.32 bits per heavy atom. The maximum atomic E-state index is 12.1. The van der Waals surface area contributed by atoms with Gasteiger partial charge in [0.15, 0.2) is 0 Å². The normalized spacial score (nSPS) is 24.7. The molecule has 2 aliphatic rings. The van der Waals surface area contributed by atoms with Crippen LogP contribution in [0.25, 0.3) is 0 Å². The summed E-state index contributed by atoms with van der Waals surface area (Å²) in [5.41, 5.74) is 0.808. The van der Waals surface area contributed by atoms with Crippen LogP contribution < -0.4 is 0 Å². The van der Waals surface area contributed by atoms with Crippen molar-refractivity contribution in [1.82, 2.24) is 9.80 Å². The quantitative estimate of drug-likeness (QED) is 0.839. The summed E-state index contributed by atoms with van der Waals surface area (Å²) in [5, 5.41) is 0. The van der Waals surface area contributed by atoms with Crippen molar-refractivity contribution in [2.24, 2.45) is 0 Å². The van der Waals surface area contributed by atoms with E-state index >= 15 is 0 Å². The van der Waals surface area contributed by atoms with Crippen LogP contribution in [0.4, 0.5) is 4.79 Å². The van der Waals surface area contributed by atoms with E-state index in [0.29, 0.717) is 18.8 Å². The van der Waals surface area contributed by atoms with Crippen molar-refractivity contribution in [3.05, 3.63) is 35.9 Å². The number of benzene rings is 1. The van der Waals surface area contributed by atoms with E-state index in [2.05, 4.69) is 17.0 Å². The molecule has 1 saturated carbocycles. The molecule has 138 valence electrons. The van der Waals surface area contributed by atoms with E-state index in [1.165, 1.54) is 5.56 Å². The molecule has 5 nitrogen and oxygen atoms in total. The summed E-state index contributed by atoms with van der Waals surface area (Å²) >= 11 is 0. The Kier molecular flexibility index (Phi) is 5.64. The first kappa shape index (κ1) is 18.2. The number of hydrogen-bond acceptors (Lipinski definition) is 4. The molecule has 1 amide bonds. The summed E-state index contributed by atoms with van der Waals surface area (Å²) in [6, 6.07) is 10.9. The van der Waals surface area contributed by atoms with E-state index in [1.807, 2.05) is 43.9 Å². The first-order valence-electron chi connectivity index (χ1n) is 9.28. The molecule has 25 heavy (non-hydrogen) atoms. The molecule has 0 unspecified atom stereocenters. The second kappa shape index (κ2) is 7.75. The Balaban J connectivity index is 1.34. The highest BCUT2D eigenvalue weighted by Gasteiger charge is 2.36. The maximum absolute atomic E-state index is 12.1. The van der Waals surface area contributed by atoms with Crippen molar-refractivity contribution in [2.45, 2.75) is 58.0 Å². The number of ether oxygens (including phenoxy) is 2. The molecule has 0 N–H and O–H groups in total. The number of carbonyl (C=O) groups excluding carboxylic acids is 1. The second-order valence-electron chi connectivity index (χ2n) is 8.05. The van der Waals surface area contributed by atoms with Gasteiger partial charge >= 0.3 is 6.09 Å². The zero-order valence-corrected chi connectivity index (χ0v) is 15.6. The molecule has 3 rings (SSSR count). The van der Waals surface area contributed by atoms with E-state index in [4.69, 9.17) is 9.47 Å². The molecule has 1 aliphatic carbocycles. The lowest BCUT2D eigenvalue weighted by Gasteiger charge is -2.46. The van der Waals surface area contributed by atoms with E-state index in [9.17, 15) is 4.79 Å². The number of hydrogen-bond donors (Lipinski definition) is 0. The average molecular weight is 346 g/mol. The lowest BCUT2D eigenvalue weighted by atomic mass is 9.87. The van der Waals surface area contributed by atoms with Crippen LogP contribution in [0.1, 0.15) is 39.2 Å². The molecule has 2 fully saturated rings. The van der Waals surface area contributed by atoms with Gasteiger partial charge < -0.3 is 14.4 Å². The monoisotopic (exact) mass is 346 g/mol. The van der Waals surface area contributed by atoms with Crippen LogP contribution in [0.3, 0.4) is 0 Å². The van der Waals surface area contributed by atoms with Crippen LogP contribution in [-0.2, 0) is 16.1 Å². The average Bonchev–Trinajstić information content (AvgIpc) is 2.53. The fraction of sp³-hybridized carbons (Fsp3) is 0.650. The lowest BCUT2D eigenvalue weighted by molar-refractivity contribution is -0.0683. The van der Waals surface area contributed by atoms with Gasteiger partial charge in [-0.1, -0.05) is 30.3 Å². The predicted molar refractivity (Wildman–Crippen MR) is 97.4 cm³/mol. The van der Waals surface area contributed by atoms with Gasteiger partial charge in [-0.25, -0.2) is 4.79 Å². The number of amides is 1. The highest BCUT2D eigenvalue weighted by molar-refractivity contribution is 5.68. The SMILES string of the molecule is CC(C)(C)OC(=O)N1CCN([C@H]2C[C@H](OCc3ccccc3)C2)CC1. The minimum Gasteiger partial charge on any atom is -0.444 e. The van der Waals surface area contributed by atoms with Crippen LogP contribution in [0.5, 0.6) is 0 Å². The Morgan fingerprint density at radius 2 is 1.72 bits per heavy atom. The summed E-state index contributed by atoms with van der Waals surface area (Å²) in [4.78, 5) is 16.4. The second-order valence-corrected chi connectivity index (χ2v) is 8.05. The van der Waals surface area contributed by atoms with Gasteiger partial charge in [0.05, 0.1) is 12.7 Å². The number of piperazine rings is 1. The molecule has 0 atom stereocenters. The third-order valence-electron chi connectivity index (χ3n) is 4.88. The van der Waals surface area contributed by atoms with E-state index in [0.717, 1.165) is 39.0 Å². The summed E-state index contributed by atoms with van der Waals surface area (Å²) in [7, 11) is 0. The molecular formula is C20H30N2O3. The molecule has 5 heteroatoms. The Morgan fingerprint density at radius 1 is 1.08 bits per heavy atom. The molecule has 1 saturated heterocycles. The van der Waals surface area contributed by atoms with E-state index < -0.39 is 5.60 Å². The summed E-state index contributed by atoms with van der Waals surface area (Å²) < 4.78 is 11.4. The van der Waals surface area contributed by atoms with E-state index in [1.54, 1.807) is 0 Å². The van der Waals surface area contributed by atoms with Crippen molar-refractivity contribution in [2.75, 3.05) is 26.2 Å². The molecule has 1 aromatic carbocycles. The van der Waals surface area contributed by atoms with Crippen LogP contribution >= 0.6 is 0 Å². The highest BCUT2D eigenvalue weighted by Crippen LogP contribution is 2.30. The fourth-order valence-electron chi connectivity index (χ4n) is 3.36. The van der Waals surface area contributed by atoms with Crippen molar-refractivity contribution >= 4 is 6.09 Å². The molecular weight excluding hydrogens is 316 g/mol. The van der Waals surface area contributed by atoms with Crippen molar-refractivity contribution in [3.63, 3.8) is 0 Å². The van der Waals surface area contributed by atoms with Gasteiger partial charge in [0.1, 0.15) is 5.60 Å². The van der Waals surface area contributed by atoms with Crippen LogP contribution in [0.15, 0.2) is 30.3 Å². The largest absolute Gasteiger partial charge is 0.444 e. The van der Waals surface area contributed by atoms with Crippen molar-refractivity contribution in [1.29, 1.82) is 0 Å². The third kappa shape index (κ3) is 5.19. The maximum Gasteiger partial charge on any atom is 0.410 e.